The van der Waals surface area contributed by atoms with Crippen LogP contribution in [0, 0.1) is 0 Å². The second-order valence-electron chi connectivity index (χ2n) is 7.42. The van der Waals surface area contributed by atoms with Crippen LogP contribution in [-0.2, 0) is 11.8 Å². The second-order valence-corrected chi connectivity index (χ2v) is 8.21. The summed E-state index contributed by atoms with van der Waals surface area (Å²) in [6.45, 7) is 3.42. The summed E-state index contributed by atoms with van der Waals surface area (Å²) >= 11 is 3.61. The summed E-state index contributed by atoms with van der Waals surface area (Å²) in [7, 11) is 1.87. The highest BCUT2D eigenvalue weighted by atomic mass is 79.9. The maximum atomic E-state index is 12.2. The summed E-state index contributed by atoms with van der Waals surface area (Å²) in [4.78, 5) is 17.1. The van der Waals surface area contributed by atoms with Crippen LogP contribution in [0.25, 0.3) is 16.8 Å². The van der Waals surface area contributed by atoms with Crippen molar-refractivity contribution in [1.29, 1.82) is 0 Å². The predicted octanol–water partition coefficient (Wildman–Crippen LogP) is 1.84. The van der Waals surface area contributed by atoms with Crippen LogP contribution in [0.15, 0.2) is 23.1 Å². The first-order valence-corrected chi connectivity index (χ1v) is 10.6. The predicted molar refractivity (Wildman–Crippen MR) is 114 cm³/mol. The van der Waals surface area contributed by atoms with Gasteiger partial charge in [-0.05, 0) is 35.2 Å². The number of anilines is 1. The van der Waals surface area contributed by atoms with Gasteiger partial charge in [0, 0.05) is 43.4 Å². The normalized spacial score (nSPS) is 19.6. The number of nitrogens with zero attached hydrogens (tertiary/aromatic N) is 5. The van der Waals surface area contributed by atoms with E-state index in [9.17, 15) is 4.79 Å². The van der Waals surface area contributed by atoms with E-state index in [0.717, 1.165) is 40.6 Å². The summed E-state index contributed by atoms with van der Waals surface area (Å²) in [6, 6.07) is -0.154. The number of nitrogen functional groups attached to an aromatic ring is 1. The molecule has 9 nitrogen and oxygen atoms in total. The molecule has 2 unspecified atom stereocenters. The van der Waals surface area contributed by atoms with E-state index >= 15 is 0 Å². The van der Waals surface area contributed by atoms with Gasteiger partial charge in [0.05, 0.1) is 28.6 Å². The number of carbonyl (C=O) groups is 1. The van der Waals surface area contributed by atoms with Crippen molar-refractivity contribution in [2.75, 3.05) is 18.8 Å². The quantitative estimate of drug-likeness (QED) is 0.534. The van der Waals surface area contributed by atoms with Gasteiger partial charge in [-0.25, -0.2) is 4.98 Å². The van der Waals surface area contributed by atoms with Crippen LogP contribution in [0.1, 0.15) is 37.8 Å². The molecule has 4 rings (SSSR count). The Morgan fingerprint density at radius 1 is 1.38 bits per heavy atom. The highest BCUT2D eigenvalue weighted by Crippen LogP contribution is 2.35. The van der Waals surface area contributed by atoms with E-state index in [-0.39, 0.29) is 17.9 Å². The summed E-state index contributed by atoms with van der Waals surface area (Å²) in [6.07, 6.45) is 8.03. The number of amides is 1. The van der Waals surface area contributed by atoms with Gasteiger partial charge in [-0.15, -0.1) is 0 Å². The Balaban J connectivity index is 1.61. The van der Waals surface area contributed by atoms with E-state index in [1.165, 1.54) is 0 Å². The molecule has 0 spiro atoms. The lowest BCUT2D eigenvalue weighted by Crippen LogP contribution is -2.48. The van der Waals surface area contributed by atoms with Crippen LogP contribution in [-0.4, -0.2) is 49.4 Å². The third-order valence-corrected chi connectivity index (χ3v) is 6.14. The summed E-state index contributed by atoms with van der Waals surface area (Å²) < 4.78 is 4.15. The number of halogens is 1. The van der Waals surface area contributed by atoms with Crippen molar-refractivity contribution in [3.05, 3.63) is 28.8 Å². The molecule has 0 radical (unpaired) electrons. The highest BCUT2D eigenvalue weighted by molar-refractivity contribution is 9.10. The minimum Gasteiger partial charge on any atom is -0.383 e. The molecule has 0 saturated carbocycles. The SMILES string of the molecule is CCCNC(=O)C1CCC(c2nc3c(-c4cnn(C)c4)cnn3c(N)c2Br)CN1. The molecule has 0 bridgehead atoms. The van der Waals surface area contributed by atoms with Crippen LogP contribution >= 0.6 is 15.9 Å². The Kier molecular flexibility index (Phi) is 5.55. The Hall–Kier alpha value is -2.46. The first-order valence-electron chi connectivity index (χ1n) is 9.82. The zero-order valence-electron chi connectivity index (χ0n) is 16.5. The standard InChI is InChI=1S/C19H25BrN8O/c1-3-6-22-19(29)14-5-4-11(7-23-14)16-15(20)17(21)28-18(26-16)13(9-25-28)12-8-24-27(2)10-12/h8-11,14,23H,3-7,21H2,1-2H3,(H,22,29). The molecule has 2 atom stereocenters. The summed E-state index contributed by atoms with van der Waals surface area (Å²) in [5.41, 5.74) is 9.79. The van der Waals surface area contributed by atoms with Gasteiger partial charge in [0.25, 0.3) is 0 Å². The Labute approximate surface area is 177 Å². The molecule has 1 amide bonds. The van der Waals surface area contributed by atoms with Crippen LogP contribution < -0.4 is 16.4 Å². The number of hydrogen-bond donors (Lipinski definition) is 3. The molecule has 0 aliphatic carbocycles. The van der Waals surface area contributed by atoms with Crippen LogP contribution in [0.3, 0.4) is 0 Å². The van der Waals surface area contributed by atoms with Gasteiger partial charge >= 0.3 is 0 Å². The molecule has 1 saturated heterocycles. The number of carbonyl (C=O) groups excluding carboxylic acids is 1. The topological polar surface area (TPSA) is 115 Å². The zero-order valence-corrected chi connectivity index (χ0v) is 18.1. The molecule has 1 aliphatic heterocycles. The molecule has 4 N–H and O–H groups in total. The fourth-order valence-corrected chi connectivity index (χ4v) is 4.31. The lowest BCUT2D eigenvalue weighted by molar-refractivity contribution is -0.123. The van der Waals surface area contributed by atoms with Gasteiger partial charge in [0.1, 0.15) is 5.82 Å². The third-order valence-electron chi connectivity index (χ3n) is 5.33. The smallest absolute Gasteiger partial charge is 0.237 e. The van der Waals surface area contributed by atoms with Gasteiger partial charge in [0.15, 0.2) is 5.65 Å². The van der Waals surface area contributed by atoms with Gasteiger partial charge in [-0.1, -0.05) is 6.92 Å². The van der Waals surface area contributed by atoms with Crippen molar-refractivity contribution in [3.63, 3.8) is 0 Å². The third kappa shape index (κ3) is 3.74. The number of fused-ring (bicyclic) bond motifs is 1. The van der Waals surface area contributed by atoms with E-state index in [1.54, 1.807) is 21.6 Å². The summed E-state index contributed by atoms with van der Waals surface area (Å²) in [5.74, 6) is 0.744. The number of nitrogens with two attached hydrogens (primary N) is 1. The molecule has 1 fully saturated rings. The largest absolute Gasteiger partial charge is 0.383 e. The van der Waals surface area contributed by atoms with E-state index in [2.05, 4.69) is 36.8 Å². The van der Waals surface area contributed by atoms with Crippen molar-refractivity contribution < 1.29 is 4.79 Å². The molecule has 10 heteroatoms. The molecule has 154 valence electrons. The van der Waals surface area contributed by atoms with Crippen molar-refractivity contribution in [1.82, 2.24) is 35.0 Å². The van der Waals surface area contributed by atoms with E-state index in [4.69, 9.17) is 10.7 Å². The minimum absolute atomic E-state index is 0.0712. The Bertz CT molecular complexity index is 1030. The lowest BCUT2D eigenvalue weighted by Gasteiger charge is -2.29. The lowest BCUT2D eigenvalue weighted by atomic mass is 9.91. The molecule has 3 aromatic heterocycles. The van der Waals surface area contributed by atoms with Gasteiger partial charge < -0.3 is 16.4 Å². The number of aryl methyl sites for hydroxylation is 1. The van der Waals surface area contributed by atoms with Gasteiger partial charge in [-0.2, -0.15) is 14.7 Å². The minimum atomic E-state index is -0.154. The highest BCUT2D eigenvalue weighted by Gasteiger charge is 2.29. The van der Waals surface area contributed by atoms with E-state index in [1.807, 2.05) is 20.2 Å². The van der Waals surface area contributed by atoms with Crippen molar-refractivity contribution in [3.8, 4) is 11.1 Å². The first-order chi connectivity index (χ1) is 14.0. The van der Waals surface area contributed by atoms with Gasteiger partial charge in [0.2, 0.25) is 5.91 Å². The van der Waals surface area contributed by atoms with Gasteiger partial charge in [-0.3, -0.25) is 9.48 Å². The molecule has 1 aliphatic rings. The molecule has 3 aromatic rings. The fourth-order valence-electron chi connectivity index (χ4n) is 3.73. The van der Waals surface area contributed by atoms with Crippen molar-refractivity contribution in [2.24, 2.45) is 7.05 Å². The average Bonchev–Trinajstić information content (AvgIpc) is 3.35. The molecular formula is C19H25BrN8O. The van der Waals surface area contributed by atoms with Crippen molar-refractivity contribution in [2.45, 2.75) is 38.1 Å². The van der Waals surface area contributed by atoms with Crippen molar-refractivity contribution >= 4 is 33.3 Å². The maximum absolute atomic E-state index is 12.2. The first kappa shape index (κ1) is 19.8. The number of aromatic nitrogens is 5. The van der Waals surface area contributed by atoms with Crippen LogP contribution in [0.4, 0.5) is 5.82 Å². The number of hydrogen-bond acceptors (Lipinski definition) is 6. The second kappa shape index (κ2) is 8.11. The number of rotatable bonds is 5. The summed E-state index contributed by atoms with van der Waals surface area (Å²) in [5, 5.41) is 15.0. The van der Waals surface area contributed by atoms with Crippen LogP contribution in [0.5, 0.6) is 0 Å². The number of piperidine rings is 1. The molecule has 0 aromatic carbocycles. The Morgan fingerprint density at radius 3 is 2.86 bits per heavy atom. The van der Waals surface area contributed by atoms with Crippen LogP contribution in [0.2, 0.25) is 0 Å². The fraction of sp³-hybridized carbons (Fsp3) is 0.474. The van der Waals surface area contributed by atoms with E-state index in [0.29, 0.717) is 24.6 Å². The average molecular weight is 461 g/mol. The Morgan fingerprint density at radius 2 is 2.21 bits per heavy atom. The van der Waals surface area contributed by atoms with E-state index < -0.39 is 0 Å². The molecule has 29 heavy (non-hydrogen) atoms. The molecule has 4 heterocycles. The maximum Gasteiger partial charge on any atom is 0.237 e. The zero-order chi connectivity index (χ0) is 20.5. The number of nitrogens with one attached hydrogen (secondary N) is 2. The molecular weight excluding hydrogens is 436 g/mol. The monoisotopic (exact) mass is 460 g/mol.